The highest BCUT2D eigenvalue weighted by atomic mass is 127. The molecule has 27 heavy (non-hydrogen) atoms. The minimum Gasteiger partial charge on any atom is -0.473 e. The molecule has 0 aliphatic heterocycles. The molecular weight excluding hydrogens is 473 g/mol. The second-order valence-electron chi connectivity index (χ2n) is 9.11. The Labute approximate surface area is 179 Å². The fraction of sp³-hybridized carbons (Fsp3) is 0.842. The van der Waals surface area contributed by atoms with Gasteiger partial charge in [0.2, 0.25) is 5.88 Å². The van der Waals surface area contributed by atoms with Gasteiger partial charge in [-0.05, 0) is 68.5 Å². The number of aliphatic hydroxyl groups excluding tert-OH is 1. The van der Waals surface area contributed by atoms with Gasteiger partial charge in [-0.2, -0.15) is 0 Å². The van der Waals surface area contributed by atoms with E-state index in [0.29, 0.717) is 32.1 Å². The van der Waals surface area contributed by atoms with E-state index in [-0.39, 0.29) is 17.2 Å². The normalized spacial score (nSPS) is 14.3. The van der Waals surface area contributed by atoms with Crippen molar-refractivity contribution < 1.29 is 14.3 Å². The first kappa shape index (κ1) is 24.9. The minimum absolute atomic E-state index is 0.0772. The van der Waals surface area contributed by atoms with Gasteiger partial charge in [-0.25, -0.2) is 0 Å². The molecule has 0 saturated carbocycles. The molecule has 1 unspecified atom stereocenters. The van der Waals surface area contributed by atoms with E-state index in [2.05, 4.69) is 61.4 Å². The smallest absolute Gasteiger partial charge is 0.246 e. The summed E-state index contributed by atoms with van der Waals surface area (Å²) in [4.78, 5) is 2.11. The molecule has 1 atom stereocenters. The van der Waals surface area contributed by atoms with Crippen LogP contribution < -0.4 is 4.74 Å². The molecule has 6 nitrogen and oxygen atoms in total. The number of aliphatic hydroxyl groups is 1. The first-order valence-corrected chi connectivity index (χ1v) is 13.7. The standard InChI is InChI=1S/C19H38IN3O3Si/c1-14(2)26-18-17(20)16(13-22(7)12-15(3)24)23(21-18)10-11-25-27(8,9)19(4,5)6/h14-15,24H,10-13H2,1-9H3. The van der Waals surface area contributed by atoms with E-state index in [1.807, 2.05) is 25.6 Å². The molecule has 0 radical (unpaired) electrons. The van der Waals surface area contributed by atoms with Crippen molar-refractivity contribution in [3.05, 3.63) is 9.26 Å². The molecular formula is C19H38IN3O3Si. The van der Waals surface area contributed by atoms with Crippen molar-refractivity contribution in [1.29, 1.82) is 0 Å². The Morgan fingerprint density at radius 3 is 2.33 bits per heavy atom. The Morgan fingerprint density at radius 1 is 1.26 bits per heavy atom. The van der Waals surface area contributed by atoms with Gasteiger partial charge < -0.3 is 14.3 Å². The Hall–Kier alpha value is -0.163. The third-order valence-corrected chi connectivity index (χ3v) is 10.5. The van der Waals surface area contributed by atoms with Crippen LogP contribution in [-0.4, -0.2) is 60.5 Å². The third-order valence-electron chi connectivity index (χ3n) is 4.88. The lowest BCUT2D eigenvalue weighted by molar-refractivity contribution is 0.136. The maximum Gasteiger partial charge on any atom is 0.246 e. The molecule has 0 aliphatic rings. The zero-order valence-corrected chi connectivity index (χ0v) is 21.6. The second kappa shape index (κ2) is 10.0. The maximum absolute atomic E-state index is 9.66. The molecule has 0 fully saturated rings. The maximum atomic E-state index is 9.66. The quantitative estimate of drug-likeness (QED) is 0.379. The zero-order valence-electron chi connectivity index (χ0n) is 18.5. The van der Waals surface area contributed by atoms with Crippen LogP contribution in [-0.2, 0) is 17.5 Å². The first-order valence-electron chi connectivity index (χ1n) is 9.67. The molecule has 0 amide bonds. The largest absolute Gasteiger partial charge is 0.473 e. The Kier molecular flexibility index (Phi) is 9.25. The summed E-state index contributed by atoms with van der Waals surface area (Å²) in [6.07, 6.45) is -0.286. The molecule has 0 bridgehead atoms. The molecule has 1 aromatic heterocycles. The molecule has 0 spiro atoms. The molecule has 158 valence electrons. The van der Waals surface area contributed by atoms with E-state index in [9.17, 15) is 5.11 Å². The van der Waals surface area contributed by atoms with Gasteiger partial charge in [-0.3, -0.25) is 9.58 Å². The van der Waals surface area contributed by atoms with Crippen LogP contribution in [0.25, 0.3) is 0 Å². The van der Waals surface area contributed by atoms with Gasteiger partial charge >= 0.3 is 0 Å². The van der Waals surface area contributed by atoms with Gasteiger partial charge in [0.05, 0.1) is 34.6 Å². The highest BCUT2D eigenvalue weighted by Gasteiger charge is 2.37. The number of rotatable bonds is 10. The average Bonchev–Trinajstić information content (AvgIpc) is 2.73. The fourth-order valence-corrected chi connectivity index (χ4v) is 4.18. The SMILES string of the molecule is CC(O)CN(C)Cc1c(I)c(OC(C)C)nn1CCO[Si](C)(C)C(C)(C)C. The lowest BCUT2D eigenvalue weighted by Gasteiger charge is -2.36. The van der Waals surface area contributed by atoms with Crippen molar-refractivity contribution in [2.45, 2.75) is 85.0 Å². The monoisotopic (exact) mass is 511 g/mol. The van der Waals surface area contributed by atoms with Crippen molar-refractivity contribution in [1.82, 2.24) is 14.7 Å². The molecule has 1 aromatic rings. The molecule has 0 aliphatic carbocycles. The van der Waals surface area contributed by atoms with Crippen molar-refractivity contribution >= 4 is 30.9 Å². The van der Waals surface area contributed by atoms with Crippen LogP contribution in [0, 0.1) is 3.57 Å². The van der Waals surface area contributed by atoms with E-state index < -0.39 is 8.32 Å². The predicted molar refractivity (Wildman–Crippen MR) is 122 cm³/mol. The highest BCUT2D eigenvalue weighted by Crippen LogP contribution is 2.36. The van der Waals surface area contributed by atoms with Gasteiger partial charge in [0.15, 0.2) is 8.32 Å². The van der Waals surface area contributed by atoms with Gasteiger partial charge in [-0.15, -0.1) is 5.10 Å². The summed E-state index contributed by atoms with van der Waals surface area (Å²) in [5.74, 6) is 0.679. The number of nitrogens with zero attached hydrogens (tertiary/aromatic N) is 3. The molecule has 0 aromatic carbocycles. The zero-order chi connectivity index (χ0) is 21.0. The number of ether oxygens (including phenoxy) is 1. The van der Waals surface area contributed by atoms with E-state index in [4.69, 9.17) is 14.3 Å². The summed E-state index contributed by atoms with van der Waals surface area (Å²) < 4.78 is 15.3. The van der Waals surface area contributed by atoms with Crippen LogP contribution >= 0.6 is 22.6 Å². The Morgan fingerprint density at radius 2 is 1.85 bits per heavy atom. The van der Waals surface area contributed by atoms with Gasteiger partial charge in [-0.1, -0.05) is 20.8 Å². The summed E-state index contributed by atoms with van der Waals surface area (Å²) in [5, 5.41) is 14.6. The number of hydrogen-bond acceptors (Lipinski definition) is 5. The van der Waals surface area contributed by atoms with Crippen LogP contribution in [0.3, 0.4) is 0 Å². The van der Waals surface area contributed by atoms with E-state index in [0.717, 1.165) is 9.26 Å². The van der Waals surface area contributed by atoms with Crippen molar-refractivity contribution in [2.24, 2.45) is 0 Å². The molecule has 1 rings (SSSR count). The van der Waals surface area contributed by atoms with Gasteiger partial charge in [0.25, 0.3) is 0 Å². The summed E-state index contributed by atoms with van der Waals surface area (Å²) in [5.41, 5.74) is 1.10. The van der Waals surface area contributed by atoms with Gasteiger partial charge in [0.1, 0.15) is 0 Å². The lowest BCUT2D eigenvalue weighted by atomic mass is 10.2. The average molecular weight is 512 g/mol. The van der Waals surface area contributed by atoms with E-state index in [1.165, 1.54) is 0 Å². The highest BCUT2D eigenvalue weighted by molar-refractivity contribution is 14.1. The van der Waals surface area contributed by atoms with Crippen LogP contribution in [0.4, 0.5) is 0 Å². The van der Waals surface area contributed by atoms with E-state index in [1.54, 1.807) is 6.92 Å². The summed E-state index contributed by atoms with van der Waals surface area (Å²) in [7, 11) is 0.229. The lowest BCUT2D eigenvalue weighted by Crippen LogP contribution is -2.41. The second-order valence-corrected chi connectivity index (χ2v) is 15.0. The van der Waals surface area contributed by atoms with Crippen LogP contribution in [0.5, 0.6) is 5.88 Å². The molecule has 0 saturated heterocycles. The number of likely N-dealkylation sites (N-methyl/N-ethyl adjacent to an activating group) is 1. The molecule has 8 heteroatoms. The van der Waals surface area contributed by atoms with E-state index >= 15 is 0 Å². The Balaban J connectivity index is 2.95. The number of halogens is 1. The summed E-state index contributed by atoms with van der Waals surface area (Å²) >= 11 is 2.31. The summed E-state index contributed by atoms with van der Waals surface area (Å²) in [6, 6.07) is 0. The Bertz CT molecular complexity index is 598. The minimum atomic E-state index is -1.78. The van der Waals surface area contributed by atoms with Crippen molar-refractivity contribution in [2.75, 3.05) is 20.2 Å². The van der Waals surface area contributed by atoms with Crippen LogP contribution in [0.2, 0.25) is 18.1 Å². The van der Waals surface area contributed by atoms with Crippen LogP contribution in [0.1, 0.15) is 47.2 Å². The first-order chi connectivity index (χ1) is 12.2. The number of hydrogen-bond donors (Lipinski definition) is 1. The fourth-order valence-electron chi connectivity index (χ4n) is 2.46. The van der Waals surface area contributed by atoms with Crippen molar-refractivity contribution in [3.8, 4) is 5.88 Å². The predicted octanol–water partition coefficient (Wildman–Crippen LogP) is 4.11. The van der Waals surface area contributed by atoms with Crippen LogP contribution in [0.15, 0.2) is 0 Å². The third kappa shape index (κ3) is 7.64. The molecule has 1 heterocycles. The topological polar surface area (TPSA) is 59.8 Å². The summed E-state index contributed by atoms with van der Waals surface area (Å²) in [6.45, 7) is 19.8. The molecule has 1 N–H and O–H groups in total. The number of aromatic nitrogens is 2. The van der Waals surface area contributed by atoms with Gasteiger partial charge in [0, 0.05) is 13.1 Å². The van der Waals surface area contributed by atoms with Crippen molar-refractivity contribution in [3.63, 3.8) is 0 Å².